The fraction of sp³-hybridized carbons (Fsp3) is 1.00. The summed E-state index contributed by atoms with van der Waals surface area (Å²) in [7, 11) is -4.58. The normalized spacial score (nSPS) is 13.7. The molecule has 0 unspecified atom stereocenters. The molecule has 0 aliphatic carbocycles. The summed E-state index contributed by atoms with van der Waals surface area (Å²) >= 11 is 0. The molecule has 146 valence electrons. The third kappa shape index (κ3) is 5.89. The van der Waals surface area contributed by atoms with E-state index in [9.17, 15) is 14.2 Å². The number of nitrogens with zero attached hydrogens (tertiary/aromatic N) is 1. The Labute approximate surface area is 145 Å². The third-order valence-electron chi connectivity index (χ3n) is 3.19. The smallest absolute Gasteiger partial charge is 0.368 e. The van der Waals surface area contributed by atoms with E-state index in [2.05, 4.69) is 0 Å². The Morgan fingerprint density at radius 1 is 0.833 bits per heavy atom. The maximum absolute atomic E-state index is 13.3. The van der Waals surface area contributed by atoms with Crippen molar-refractivity contribution in [3.8, 4) is 0 Å². The van der Waals surface area contributed by atoms with Crippen LogP contribution in [-0.2, 0) is 27.2 Å². The molecule has 24 heavy (non-hydrogen) atoms. The quantitative estimate of drug-likeness (QED) is 0.451. The zero-order valence-corrected chi connectivity index (χ0v) is 17.5. The highest BCUT2D eigenvalue weighted by Crippen LogP contribution is 2.78. The van der Waals surface area contributed by atoms with Gasteiger partial charge in [0.2, 0.25) is 0 Å². The Morgan fingerprint density at radius 2 is 1.17 bits per heavy atom. The first-order valence-corrected chi connectivity index (χ1v) is 11.4. The number of rotatable bonds is 14. The van der Waals surface area contributed by atoms with Crippen molar-refractivity contribution in [2.24, 2.45) is 0 Å². The maximum Gasteiger partial charge on any atom is 0.374 e. The van der Waals surface area contributed by atoms with Gasteiger partial charge in [0.15, 0.2) is 0 Å². The van der Waals surface area contributed by atoms with Crippen LogP contribution in [0.15, 0.2) is 0 Å². The molecule has 0 saturated heterocycles. The first-order valence-electron chi connectivity index (χ1n) is 8.31. The zero-order valence-electron chi connectivity index (χ0n) is 15.7. The van der Waals surface area contributed by atoms with E-state index in [1.165, 1.54) is 0 Å². The van der Waals surface area contributed by atoms with Gasteiger partial charge < -0.3 is 28.1 Å². The molecule has 0 aromatic rings. The van der Waals surface area contributed by atoms with Gasteiger partial charge in [0.25, 0.3) is 5.08 Å². The molecule has 0 aliphatic heterocycles. The van der Waals surface area contributed by atoms with Crippen molar-refractivity contribution in [1.82, 2.24) is 4.90 Å². The highest BCUT2D eigenvalue weighted by atomic mass is 31.2. The van der Waals surface area contributed by atoms with Crippen LogP contribution in [0.1, 0.15) is 40.5 Å². The summed E-state index contributed by atoms with van der Waals surface area (Å²) in [6, 6.07) is 0. The molecule has 0 aliphatic rings. The van der Waals surface area contributed by atoms with E-state index in [0.717, 1.165) is 0 Å². The summed E-state index contributed by atoms with van der Waals surface area (Å²) in [5.74, 6) is 0. The van der Waals surface area contributed by atoms with Gasteiger partial charge in [0.05, 0.1) is 26.4 Å². The summed E-state index contributed by atoms with van der Waals surface area (Å²) < 4.78 is 47.6. The molecule has 10 heteroatoms. The topological polar surface area (TPSA) is 94.5 Å². The van der Waals surface area contributed by atoms with Crippen molar-refractivity contribution in [2.75, 3.05) is 47.1 Å². The maximum atomic E-state index is 13.3. The summed E-state index contributed by atoms with van der Waals surface area (Å²) in [5.41, 5.74) is 0. The van der Waals surface area contributed by atoms with Gasteiger partial charge in [-0.3, -0.25) is 9.13 Å². The Balaban J connectivity index is 5.94. The molecule has 0 amide bonds. The van der Waals surface area contributed by atoms with Gasteiger partial charge in [-0.2, -0.15) is 0 Å². The second kappa shape index (κ2) is 11.0. The minimum Gasteiger partial charge on any atom is -0.368 e. The average molecular weight is 389 g/mol. The summed E-state index contributed by atoms with van der Waals surface area (Å²) in [5, 5.41) is 8.89. The molecule has 1 N–H and O–H groups in total. The van der Waals surface area contributed by atoms with Crippen LogP contribution in [0.5, 0.6) is 0 Å². The minimum absolute atomic E-state index is 0.0333. The highest BCUT2D eigenvalue weighted by molar-refractivity contribution is 7.73. The molecule has 0 atom stereocenters. The van der Waals surface area contributed by atoms with E-state index >= 15 is 0 Å². The molecule has 0 radical (unpaired) electrons. The SMILES string of the molecule is CCOP(=O)(OCC)C(O)(CCCN(C)C)P(=O)(OCC)OCC. The van der Waals surface area contributed by atoms with Crippen molar-refractivity contribution >= 4 is 15.2 Å². The van der Waals surface area contributed by atoms with E-state index in [-0.39, 0.29) is 32.8 Å². The lowest BCUT2D eigenvalue weighted by molar-refractivity contribution is 0.0750. The summed E-state index contributed by atoms with van der Waals surface area (Å²) in [6.07, 6.45) is 0.317. The van der Waals surface area contributed by atoms with Gasteiger partial charge in [0.1, 0.15) is 0 Å². The van der Waals surface area contributed by atoms with Crippen LogP contribution in [0.3, 0.4) is 0 Å². The summed E-state index contributed by atoms with van der Waals surface area (Å²) in [4.78, 5) is 1.90. The van der Waals surface area contributed by atoms with Crippen LogP contribution >= 0.6 is 15.2 Å². The van der Waals surface area contributed by atoms with Crippen molar-refractivity contribution < 1.29 is 32.3 Å². The van der Waals surface area contributed by atoms with Crippen LogP contribution in [0.4, 0.5) is 0 Å². The molecule has 0 heterocycles. The van der Waals surface area contributed by atoms with Crippen LogP contribution in [-0.4, -0.2) is 62.2 Å². The Kier molecular flexibility index (Phi) is 11.1. The van der Waals surface area contributed by atoms with Crippen LogP contribution in [0.25, 0.3) is 0 Å². The molecule has 0 spiro atoms. The predicted molar refractivity (Wildman–Crippen MR) is 94.5 cm³/mol. The lowest BCUT2D eigenvalue weighted by atomic mass is 10.3. The average Bonchev–Trinajstić information content (AvgIpc) is 2.47. The number of aliphatic hydroxyl groups is 1. The first-order chi connectivity index (χ1) is 11.2. The van der Waals surface area contributed by atoms with E-state index in [1.807, 2.05) is 19.0 Å². The van der Waals surface area contributed by atoms with E-state index < -0.39 is 20.3 Å². The molecule has 0 bridgehead atoms. The van der Waals surface area contributed by atoms with Crippen LogP contribution in [0.2, 0.25) is 0 Å². The van der Waals surface area contributed by atoms with Gasteiger partial charge in [0, 0.05) is 6.42 Å². The van der Waals surface area contributed by atoms with Crippen molar-refractivity contribution in [1.29, 1.82) is 0 Å². The predicted octanol–water partition coefficient (Wildman–Crippen LogP) is 3.51. The second-order valence-electron chi connectivity index (χ2n) is 5.35. The molecule has 8 nitrogen and oxygen atoms in total. The fourth-order valence-corrected chi connectivity index (χ4v) is 7.32. The van der Waals surface area contributed by atoms with Gasteiger partial charge in [-0.1, -0.05) is 0 Å². The molecule has 0 fully saturated rings. The lowest BCUT2D eigenvalue weighted by Crippen LogP contribution is -2.34. The van der Waals surface area contributed by atoms with Gasteiger partial charge in [-0.15, -0.1) is 0 Å². The Bertz CT molecular complexity index is 395. The minimum atomic E-state index is -4.16. The molecule has 0 aromatic carbocycles. The van der Waals surface area contributed by atoms with E-state index in [4.69, 9.17) is 18.1 Å². The zero-order chi connectivity index (χ0) is 18.9. The van der Waals surface area contributed by atoms with Crippen molar-refractivity contribution in [3.63, 3.8) is 0 Å². The third-order valence-corrected chi connectivity index (χ3v) is 9.25. The largest absolute Gasteiger partial charge is 0.374 e. The monoisotopic (exact) mass is 389 g/mol. The van der Waals surface area contributed by atoms with Gasteiger partial charge in [-0.05, 0) is 54.8 Å². The van der Waals surface area contributed by atoms with E-state index in [1.54, 1.807) is 27.7 Å². The molecular weight excluding hydrogens is 356 g/mol. The molecular formula is C14H33NO7P2. The Morgan fingerprint density at radius 3 is 1.42 bits per heavy atom. The van der Waals surface area contributed by atoms with Crippen LogP contribution < -0.4 is 0 Å². The van der Waals surface area contributed by atoms with Gasteiger partial charge in [-0.25, -0.2) is 0 Å². The summed E-state index contributed by atoms with van der Waals surface area (Å²) in [6.45, 7) is 7.22. The highest BCUT2D eigenvalue weighted by Gasteiger charge is 2.64. The van der Waals surface area contributed by atoms with Crippen molar-refractivity contribution in [2.45, 2.75) is 45.6 Å². The lowest BCUT2D eigenvalue weighted by Gasteiger charge is -2.38. The standard InChI is InChI=1S/C14H33NO7P2/c1-7-19-23(17,20-8-2)14(16,12-11-13-15(5)6)24(18,21-9-3)22-10-4/h16H,7-13H2,1-6H3. The van der Waals surface area contributed by atoms with Gasteiger partial charge >= 0.3 is 15.2 Å². The van der Waals surface area contributed by atoms with Crippen LogP contribution in [0, 0.1) is 0 Å². The second-order valence-corrected chi connectivity index (χ2v) is 10.2. The number of hydrogen-bond acceptors (Lipinski definition) is 8. The van der Waals surface area contributed by atoms with E-state index in [0.29, 0.717) is 13.0 Å². The number of hydrogen-bond donors (Lipinski definition) is 1. The first kappa shape index (κ1) is 24.2. The fourth-order valence-electron chi connectivity index (χ4n) is 2.22. The molecule has 0 rings (SSSR count). The Hall–Kier alpha value is 0.220. The molecule has 0 saturated carbocycles. The van der Waals surface area contributed by atoms with Crippen molar-refractivity contribution in [3.05, 3.63) is 0 Å². The molecule has 0 aromatic heterocycles.